The molecular weight excluding hydrogens is 438 g/mol. The zero-order chi connectivity index (χ0) is 24.9. The first kappa shape index (κ1) is 26.3. The molecule has 3 aromatic carbocycles. The van der Waals surface area contributed by atoms with E-state index in [-0.39, 0.29) is 0 Å². The smallest absolute Gasteiger partial charge is 0.144 e. The largest absolute Gasteiger partial charge is 0.497 e. The third-order valence-corrected chi connectivity index (χ3v) is 5.99. The molecule has 0 bridgehead atoms. The molecule has 0 spiro atoms. The highest BCUT2D eigenvalue weighted by Crippen LogP contribution is 2.41. The van der Waals surface area contributed by atoms with Gasteiger partial charge in [-0.15, -0.1) is 0 Å². The summed E-state index contributed by atoms with van der Waals surface area (Å²) in [5, 5.41) is 8.76. The second-order valence-corrected chi connectivity index (χ2v) is 8.26. The lowest BCUT2D eigenvalue weighted by Gasteiger charge is -2.36. The highest BCUT2D eigenvalue weighted by atomic mass is 16.5. The quantitative estimate of drug-likeness (QED) is 0.203. The summed E-state index contributed by atoms with van der Waals surface area (Å²) in [5.74, 6) is 1.60. The molecule has 0 N–H and O–H groups in total. The second-order valence-electron chi connectivity index (χ2n) is 8.26. The molecule has 1 atom stereocenters. The Kier molecular flexibility index (Phi) is 10.2. The number of methoxy groups -OCH3 is 2. The van der Waals surface area contributed by atoms with Gasteiger partial charge in [0.25, 0.3) is 0 Å². The lowest BCUT2D eigenvalue weighted by atomic mass is 9.80. The van der Waals surface area contributed by atoms with Gasteiger partial charge in [-0.3, -0.25) is 0 Å². The lowest BCUT2D eigenvalue weighted by Crippen LogP contribution is -2.33. The van der Waals surface area contributed by atoms with E-state index in [9.17, 15) is 0 Å². The Hall–Kier alpha value is -3.33. The van der Waals surface area contributed by atoms with Gasteiger partial charge in [-0.25, -0.2) is 0 Å². The van der Waals surface area contributed by atoms with E-state index >= 15 is 0 Å². The zero-order valence-corrected chi connectivity index (χ0v) is 20.6. The monoisotopic (exact) mass is 472 g/mol. The summed E-state index contributed by atoms with van der Waals surface area (Å²) in [5.41, 5.74) is 2.33. The third kappa shape index (κ3) is 6.85. The van der Waals surface area contributed by atoms with Crippen molar-refractivity contribution in [3.8, 4) is 17.6 Å². The van der Waals surface area contributed by atoms with Crippen molar-refractivity contribution in [3.05, 3.63) is 102 Å². The number of nitrogens with zero attached hydrogens (tertiary/aromatic N) is 1. The number of rotatable bonds is 14. The number of unbranched alkanes of at least 4 members (excludes halogenated alkanes) is 3. The molecule has 183 valence electrons. The normalized spacial score (nSPS) is 12.1. The molecule has 0 heterocycles. The molecule has 1 unspecified atom stereocenters. The van der Waals surface area contributed by atoms with Crippen LogP contribution in [0.4, 0.5) is 0 Å². The van der Waals surface area contributed by atoms with Crippen LogP contribution in [0.5, 0.6) is 11.5 Å². The summed E-state index contributed by atoms with van der Waals surface area (Å²) in [6, 6.07) is 28.4. The van der Waals surface area contributed by atoms with Crippen LogP contribution in [-0.2, 0) is 15.1 Å². The van der Waals surface area contributed by atoms with Gasteiger partial charge >= 0.3 is 0 Å². The maximum absolute atomic E-state index is 8.76. The lowest BCUT2D eigenvalue weighted by molar-refractivity contribution is 0.0103. The molecule has 5 heteroatoms. The highest BCUT2D eigenvalue weighted by molar-refractivity contribution is 5.49. The summed E-state index contributed by atoms with van der Waals surface area (Å²) in [6.45, 7) is 4.76. The summed E-state index contributed by atoms with van der Waals surface area (Å²) in [7, 11) is 3.34. The van der Waals surface area contributed by atoms with Gasteiger partial charge in [0.05, 0.1) is 20.3 Å². The molecular formula is C30H34NO4. The van der Waals surface area contributed by atoms with Crippen molar-refractivity contribution in [2.75, 3.05) is 27.4 Å². The fourth-order valence-corrected chi connectivity index (χ4v) is 4.12. The number of ether oxygens (including phenoxy) is 4. The van der Waals surface area contributed by atoms with Gasteiger partial charge < -0.3 is 18.9 Å². The van der Waals surface area contributed by atoms with Crippen molar-refractivity contribution in [2.45, 2.75) is 37.4 Å². The molecule has 0 saturated heterocycles. The molecule has 0 amide bonds. The van der Waals surface area contributed by atoms with E-state index in [4.69, 9.17) is 24.2 Å². The highest BCUT2D eigenvalue weighted by Gasteiger charge is 2.37. The van der Waals surface area contributed by atoms with Crippen LogP contribution in [0.25, 0.3) is 0 Å². The molecule has 3 rings (SSSR count). The van der Waals surface area contributed by atoms with Crippen LogP contribution in [0, 0.1) is 18.3 Å². The van der Waals surface area contributed by atoms with Gasteiger partial charge in [0.1, 0.15) is 23.2 Å². The Balaban J connectivity index is 1.84. The second kappa shape index (κ2) is 13.5. The average molecular weight is 473 g/mol. The van der Waals surface area contributed by atoms with Crippen molar-refractivity contribution >= 4 is 0 Å². The Bertz CT molecular complexity index is 995. The van der Waals surface area contributed by atoms with Crippen LogP contribution < -0.4 is 9.47 Å². The van der Waals surface area contributed by atoms with Crippen molar-refractivity contribution in [1.29, 1.82) is 5.26 Å². The van der Waals surface area contributed by atoms with Gasteiger partial charge in [0.2, 0.25) is 0 Å². The first-order chi connectivity index (χ1) is 17.1. The van der Waals surface area contributed by atoms with E-state index in [1.807, 2.05) is 48.5 Å². The predicted molar refractivity (Wildman–Crippen MR) is 137 cm³/mol. The molecule has 0 aliphatic carbocycles. The maximum atomic E-state index is 8.76. The van der Waals surface area contributed by atoms with Crippen LogP contribution in [0.1, 0.15) is 42.4 Å². The fraction of sp³-hybridized carbons (Fsp3) is 0.333. The minimum atomic E-state index is -0.781. The van der Waals surface area contributed by atoms with Crippen molar-refractivity contribution in [1.82, 2.24) is 0 Å². The molecule has 35 heavy (non-hydrogen) atoms. The van der Waals surface area contributed by atoms with Gasteiger partial charge in [-0.2, -0.15) is 5.26 Å². The van der Waals surface area contributed by atoms with Gasteiger partial charge in [-0.05, 0) is 60.7 Å². The number of nitriles is 1. The minimum absolute atomic E-state index is 0.550. The maximum Gasteiger partial charge on any atom is 0.144 e. The fourth-order valence-electron chi connectivity index (χ4n) is 4.12. The van der Waals surface area contributed by atoms with Crippen molar-refractivity contribution < 1.29 is 18.9 Å². The number of hydrogen-bond acceptors (Lipinski definition) is 5. The summed E-state index contributed by atoms with van der Waals surface area (Å²) in [6.07, 6.45) is 3.22. The Morgan fingerprint density at radius 2 is 1.20 bits per heavy atom. The number of hydrogen-bond donors (Lipinski definition) is 0. The van der Waals surface area contributed by atoms with Gasteiger partial charge in [0, 0.05) is 13.2 Å². The first-order valence-corrected chi connectivity index (χ1v) is 12.0. The first-order valence-electron chi connectivity index (χ1n) is 12.0. The topological polar surface area (TPSA) is 60.7 Å². The van der Waals surface area contributed by atoms with Crippen LogP contribution in [-0.4, -0.2) is 33.5 Å². The molecule has 5 nitrogen and oxygen atoms in total. The molecule has 1 radical (unpaired) electrons. The Morgan fingerprint density at radius 1 is 0.714 bits per heavy atom. The zero-order valence-electron chi connectivity index (χ0n) is 20.6. The average Bonchev–Trinajstić information content (AvgIpc) is 2.93. The third-order valence-electron chi connectivity index (χ3n) is 5.99. The summed E-state index contributed by atoms with van der Waals surface area (Å²) in [4.78, 5) is 0. The predicted octanol–water partition coefficient (Wildman–Crippen LogP) is 6.32. The van der Waals surface area contributed by atoms with E-state index in [2.05, 4.69) is 43.3 Å². The molecule has 0 fully saturated rings. The van der Waals surface area contributed by atoms with Gasteiger partial charge in [-0.1, -0.05) is 67.4 Å². The van der Waals surface area contributed by atoms with E-state index in [0.717, 1.165) is 53.9 Å². The molecule has 3 aromatic rings. The van der Waals surface area contributed by atoms with Crippen LogP contribution in [0.2, 0.25) is 0 Å². The van der Waals surface area contributed by atoms with Crippen LogP contribution in [0.3, 0.4) is 0 Å². The minimum Gasteiger partial charge on any atom is -0.497 e. The molecule has 0 aliphatic rings. The van der Waals surface area contributed by atoms with Crippen molar-refractivity contribution in [2.24, 2.45) is 0 Å². The van der Waals surface area contributed by atoms with Gasteiger partial charge in [0.15, 0.2) is 0 Å². The number of benzene rings is 3. The summed E-state index contributed by atoms with van der Waals surface area (Å²) >= 11 is 0. The Labute approximate surface area is 209 Å². The van der Waals surface area contributed by atoms with E-state index in [0.29, 0.717) is 13.2 Å². The Morgan fingerprint density at radius 3 is 1.69 bits per heavy atom. The van der Waals surface area contributed by atoms with E-state index in [1.54, 1.807) is 14.2 Å². The molecule has 0 aliphatic heterocycles. The van der Waals surface area contributed by atoms with E-state index in [1.165, 1.54) is 0 Å². The van der Waals surface area contributed by atoms with E-state index < -0.39 is 11.7 Å². The standard InChI is InChI=1S/C30H34NO4/c1-24(23-31)34-21-9-4-5-10-22-35-30(25-11-7-6-8-12-25,26-13-17-28(32-2)18-14-26)27-15-19-29(33-3)20-16-27/h6-8,11-20,24H,1,4-5,9-10,21-22H2,2-3H3. The SMILES string of the molecule is [CH2]C(C#N)OCCCCCCOC(c1ccccc1)(c1ccc(OC)cc1)c1ccc(OC)cc1. The molecule has 0 saturated carbocycles. The molecule has 0 aromatic heterocycles. The van der Waals surface area contributed by atoms with Crippen LogP contribution >= 0.6 is 0 Å². The summed E-state index contributed by atoms with van der Waals surface area (Å²) < 4.78 is 23.0. The van der Waals surface area contributed by atoms with Crippen molar-refractivity contribution in [3.63, 3.8) is 0 Å². The van der Waals surface area contributed by atoms with Crippen LogP contribution in [0.15, 0.2) is 78.9 Å².